The smallest absolute Gasteiger partial charge is 0.343 e. The normalized spacial score (nSPS) is 10.4. The molecule has 0 aliphatic heterocycles. The molecule has 0 spiro atoms. The lowest BCUT2D eigenvalue weighted by Gasteiger charge is -2.05. The van der Waals surface area contributed by atoms with E-state index in [9.17, 15) is 4.79 Å². The summed E-state index contributed by atoms with van der Waals surface area (Å²) in [7, 11) is 0. The quantitative estimate of drug-likeness (QED) is 0.444. The summed E-state index contributed by atoms with van der Waals surface area (Å²) in [5.41, 5.74) is 2.07. The number of nitrogens with one attached hydrogen (secondary N) is 1. The van der Waals surface area contributed by atoms with Gasteiger partial charge in [0.05, 0.1) is 5.57 Å². The van der Waals surface area contributed by atoms with E-state index in [-0.39, 0.29) is 0 Å². The zero-order chi connectivity index (χ0) is 13.9. The number of hydrogen-bond acceptors (Lipinski definition) is 2. The number of aromatic nitrogens is 1. The van der Waals surface area contributed by atoms with Crippen molar-refractivity contribution in [2.24, 2.45) is 0 Å². The van der Waals surface area contributed by atoms with Crippen LogP contribution in [0.4, 0.5) is 0 Å². The van der Waals surface area contributed by atoms with Crippen molar-refractivity contribution in [3.8, 4) is 5.75 Å². The van der Waals surface area contributed by atoms with E-state index in [0.29, 0.717) is 11.3 Å². The summed E-state index contributed by atoms with van der Waals surface area (Å²) in [6, 6.07) is 16.7. The molecule has 3 rings (SSSR count). The molecule has 20 heavy (non-hydrogen) atoms. The Balaban J connectivity index is 1.87. The number of rotatable bonds is 3. The molecule has 0 aliphatic carbocycles. The number of benzene rings is 2. The van der Waals surface area contributed by atoms with Crippen LogP contribution in [0.25, 0.3) is 16.5 Å². The third-order valence-electron chi connectivity index (χ3n) is 3.11. The summed E-state index contributed by atoms with van der Waals surface area (Å²) in [6.45, 7) is 3.85. The molecule has 3 aromatic rings. The predicted octanol–water partition coefficient (Wildman–Crippen LogP) is 3.79. The summed E-state index contributed by atoms with van der Waals surface area (Å²) in [5, 5.41) is 0.961. The Labute approximate surface area is 116 Å². The van der Waals surface area contributed by atoms with Gasteiger partial charge in [-0.3, -0.25) is 0 Å². The lowest BCUT2D eigenvalue weighted by Crippen LogP contribution is -2.09. The van der Waals surface area contributed by atoms with Crippen molar-refractivity contribution in [1.82, 2.24) is 4.98 Å². The number of hydrogen-bond donors (Lipinski definition) is 1. The number of para-hydroxylation sites is 2. The second-order valence-electron chi connectivity index (χ2n) is 4.43. The van der Waals surface area contributed by atoms with Crippen LogP contribution < -0.4 is 4.74 Å². The van der Waals surface area contributed by atoms with E-state index in [1.54, 1.807) is 18.3 Å². The number of esters is 1. The first kappa shape index (κ1) is 12.2. The van der Waals surface area contributed by atoms with Gasteiger partial charge in [0, 0.05) is 22.7 Å². The summed E-state index contributed by atoms with van der Waals surface area (Å²) in [4.78, 5) is 15.2. The average Bonchev–Trinajstić information content (AvgIpc) is 2.91. The maximum absolute atomic E-state index is 12.1. The molecule has 1 heterocycles. The minimum absolute atomic E-state index is 0.339. The zero-order valence-electron chi connectivity index (χ0n) is 10.8. The lowest BCUT2D eigenvalue weighted by molar-refractivity contribution is -0.127. The van der Waals surface area contributed by atoms with Gasteiger partial charge in [-0.2, -0.15) is 0 Å². The SMILES string of the molecule is C=C(C(=O)Oc1ccccc1)c1c[nH]c2ccccc12. The summed E-state index contributed by atoms with van der Waals surface area (Å²) in [5.74, 6) is 0.0689. The van der Waals surface area contributed by atoms with Gasteiger partial charge in [-0.25, -0.2) is 4.79 Å². The van der Waals surface area contributed by atoms with E-state index in [4.69, 9.17) is 4.74 Å². The van der Waals surface area contributed by atoms with Crippen LogP contribution in [-0.2, 0) is 4.79 Å². The molecule has 1 aromatic heterocycles. The van der Waals surface area contributed by atoms with Gasteiger partial charge < -0.3 is 9.72 Å². The van der Waals surface area contributed by atoms with Crippen LogP contribution in [0.1, 0.15) is 5.56 Å². The van der Waals surface area contributed by atoms with Gasteiger partial charge >= 0.3 is 5.97 Å². The highest BCUT2D eigenvalue weighted by Crippen LogP contribution is 2.25. The predicted molar refractivity (Wildman–Crippen MR) is 79.4 cm³/mol. The molecular weight excluding hydrogens is 250 g/mol. The second kappa shape index (κ2) is 5.05. The Morgan fingerprint density at radius 3 is 2.50 bits per heavy atom. The number of carbonyl (C=O) groups is 1. The molecule has 0 aliphatic rings. The van der Waals surface area contributed by atoms with Gasteiger partial charge in [-0.15, -0.1) is 0 Å². The molecule has 2 aromatic carbocycles. The lowest BCUT2D eigenvalue weighted by atomic mass is 10.1. The molecule has 0 atom stereocenters. The fourth-order valence-electron chi connectivity index (χ4n) is 2.09. The molecule has 0 saturated carbocycles. The van der Waals surface area contributed by atoms with E-state index in [1.165, 1.54) is 0 Å². The maximum atomic E-state index is 12.1. The number of aromatic amines is 1. The fourth-order valence-corrected chi connectivity index (χ4v) is 2.09. The Hall–Kier alpha value is -2.81. The van der Waals surface area contributed by atoms with Crippen molar-refractivity contribution in [3.05, 3.63) is 72.9 Å². The van der Waals surface area contributed by atoms with Gasteiger partial charge in [0.15, 0.2) is 0 Å². The molecule has 0 radical (unpaired) electrons. The van der Waals surface area contributed by atoms with Crippen LogP contribution in [0.15, 0.2) is 67.4 Å². The first-order valence-corrected chi connectivity index (χ1v) is 6.28. The van der Waals surface area contributed by atoms with Crippen LogP contribution >= 0.6 is 0 Å². The highest BCUT2D eigenvalue weighted by atomic mass is 16.5. The second-order valence-corrected chi connectivity index (χ2v) is 4.43. The monoisotopic (exact) mass is 263 g/mol. The van der Waals surface area contributed by atoms with Gasteiger partial charge in [0.1, 0.15) is 5.75 Å². The Kier molecular flexibility index (Phi) is 3.09. The third-order valence-corrected chi connectivity index (χ3v) is 3.11. The van der Waals surface area contributed by atoms with Crippen molar-refractivity contribution in [1.29, 1.82) is 0 Å². The molecule has 98 valence electrons. The Morgan fingerprint density at radius 1 is 1.00 bits per heavy atom. The van der Waals surface area contributed by atoms with Crippen LogP contribution in [0, 0.1) is 0 Å². The summed E-state index contributed by atoms with van der Waals surface area (Å²) >= 11 is 0. The molecule has 1 N–H and O–H groups in total. The minimum atomic E-state index is -0.444. The molecule has 0 amide bonds. The van der Waals surface area contributed by atoms with Crippen molar-refractivity contribution in [2.45, 2.75) is 0 Å². The molecule has 0 saturated heterocycles. The van der Waals surface area contributed by atoms with Crippen molar-refractivity contribution >= 4 is 22.4 Å². The largest absolute Gasteiger partial charge is 0.423 e. The van der Waals surface area contributed by atoms with Crippen molar-refractivity contribution in [2.75, 3.05) is 0 Å². The molecular formula is C17H13NO2. The molecule has 0 bridgehead atoms. The molecule has 0 unspecified atom stereocenters. The van der Waals surface area contributed by atoms with E-state index in [1.807, 2.05) is 42.5 Å². The van der Waals surface area contributed by atoms with Crippen LogP contribution in [0.3, 0.4) is 0 Å². The number of fused-ring (bicyclic) bond motifs is 1. The standard InChI is InChI=1S/C17H13NO2/c1-12(17(19)20-13-7-3-2-4-8-13)15-11-18-16-10-6-5-9-14(15)16/h2-11,18H,1H2. The van der Waals surface area contributed by atoms with Crippen LogP contribution in [0.2, 0.25) is 0 Å². The Morgan fingerprint density at radius 2 is 1.70 bits per heavy atom. The van der Waals surface area contributed by atoms with E-state index >= 15 is 0 Å². The molecule has 3 nitrogen and oxygen atoms in total. The fraction of sp³-hybridized carbons (Fsp3) is 0. The highest BCUT2D eigenvalue weighted by molar-refractivity contribution is 6.20. The highest BCUT2D eigenvalue weighted by Gasteiger charge is 2.15. The Bertz CT molecular complexity index is 772. The van der Waals surface area contributed by atoms with Gasteiger partial charge in [0.25, 0.3) is 0 Å². The maximum Gasteiger partial charge on any atom is 0.343 e. The van der Waals surface area contributed by atoms with Crippen molar-refractivity contribution < 1.29 is 9.53 Å². The van der Waals surface area contributed by atoms with Gasteiger partial charge in [-0.1, -0.05) is 43.0 Å². The van der Waals surface area contributed by atoms with E-state index in [0.717, 1.165) is 16.5 Å². The van der Waals surface area contributed by atoms with Crippen LogP contribution in [0.5, 0.6) is 5.75 Å². The summed E-state index contributed by atoms with van der Waals surface area (Å²) in [6.07, 6.45) is 1.78. The first-order chi connectivity index (χ1) is 9.75. The van der Waals surface area contributed by atoms with E-state index < -0.39 is 5.97 Å². The first-order valence-electron chi connectivity index (χ1n) is 6.28. The minimum Gasteiger partial charge on any atom is -0.423 e. The van der Waals surface area contributed by atoms with E-state index in [2.05, 4.69) is 11.6 Å². The van der Waals surface area contributed by atoms with Crippen molar-refractivity contribution in [3.63, 3.8) is 0 Å². The number of carbonyl (C=O) groups excluding carboxylic acids is 1. The number of ether oxygens (including phenoxy) is 1. The summed E-state index contributed by atoms with van der Waals surface area (Å²) < 4.78 is 5.30. The third kappa shape index (κ3) is 2.21. The topological polar surface area (TPSA) is 42.1 Å². The molecule has 0 fully saturated rings. The average molecular weight is 263 g/mol. The zero-order valence-corrected chi connectivity index (χ0v) is 10.8. The van der Waals surface area contributed by atoms with Gasteiger partial charge in [-0.05, 0) is 18.2 Å². The number of H-pyrrole nitrogens is 1. The van der Waals surface area contributed by atoms with Gasteiger partial charge in [0.2, 0.25) is 0 Å². The van der Waals surface area contributed by atoms with Crippen LogP contribution in [-0.4, -0.2) is 11.0 Å². The molecule has 3 heteroatoms.